The highest BCUT2D eigenvalue weighted by Gasteiger charge is 2.23. The number of hydrogen-bond donors (Lipinski definition) is 1. The van der Waals surface area contributed by atoms with E-state index in [4.69, 9.17) is 28.8 Å². The molecule has 1 N–H and O–H groups in total. The number of anilines is 1. The number of aliphatic imine (C=N–C) groups is 1. The van der Waals surface area contributed by atoms with E-state index in [1.54, 1.807) is 11.8 Å². The fraction of sp³-hybridized carbons (Fsp3) is 0.455. The molecule has 28 heavy (non-hydrogen) atoms. The summed E-state index contributed by atoms with van der Waals surface area (Å²) in [6.07, 6.45) is 16.4. The summed E-state index contributed by atoms with van der Waals surface area (Å²) in [5.74, 6) is 1.01. The zero-order valence-corrected chi connectivity index (χ0v) is 18.6. The number of benzene rings is 1. The molecule has 0 unspecified atom stereocenters. The predicted octanol–water partition coefficient (Wildman–Crippen LogP) is 7.02. The van der Waals surface area contributed by atoms with Crippen LogP contribution in [0.25, 0.3) is 0 Å². The summed E-state index contributed by atoms with van der Waals surface area (Å²) in [6.45, 7) is 0.883. The second-order valence-electron chi connectivity index (χ2n) is 7.03. The van der Waals surface area contributed by atoms with Crippen LogP contribution in [-0.4, -0.2) is 27.5 Å². The van der Waals surface area contributed by atoms with Crippen LogP contribution < -0.4 is 5.32 Å². The second kappa shape index (κ2) is 11.6. The van der Waals surface area contributed by atoms with E-state index in [0.717, 1.165) is 36.0 Å². The van der Waals surface area contributed by atoms with Crippen molar-refractivity contribution in [1.29, 1.82) is 0 Å². The Balaban J connectivity index is 1.66. The van der Waals surface area contributed by atoms with Crippen molar-refractivity contribution >= 4 is 51.5 Å². The molecule has 1 saturated heterocycles. The van der Waals surface area contributed by atoms with Gasteiger partial charge in [-0.3, -0.25) is 4.90 Å². The van der Waals surface area contributed by atoms with Crippen LogP contribution in [0.1, 0.15) is 51.4 Å². The molecule has 0 spiro atoms. The minimum atomic E-state index is 0.685. The van der Waals surface area contributed by atoms with Crippen molar-refractivity contribution in [1.82, 2.24) is 4.90 Å². The minimum absolute atomic E-state index is 0.685. The van der Waals surface area contributed by atoms with E-state index in [1.807, 2.05) is 24.3 Å². The monoisotopic (exact) mass is 433 g/mol. The summed E-state index contributed by atoms with van der Waals surface area (Å²) in [4.78, 5) is 7.13. The molecule has 150 valence electrons. The number of halogens is 1. The lowest BCUT2D eigenvalue weighted by atomic mass is 10.1. The summed E-state index contributed by atoms with van der Waals surface area (Å²) in [5.41, 5.74) is 2.12. The van der Waals surface area contributed by atoms with Crippen LogP contribution in [0.5, 0.6) is 0 Å². The molecule has 1 aliphatic carbocycles. The fourth-order valence-corrected chi connectivity index (χ4v) is 4.77. The predicted molar refractivity (Wildman–Crippen MR) is 128 cm³/mol. The second-order valence-corrected chi connectivity index (χ2v) is 8.92. The molecular weight excluding hydrogens is 406 g/mol. The number of nitrogens with one attached hydrogen (secondary N) is 1. The average molecular weight is 434 g/mol. The van der Waals surface area contributed by atoms with E-state index < -0.39 is 0 Å². The maximum absolute atomic E-state index is 6.08. The zero-order valence-electron chi connectivity index (χ0n) is 16.2. The summed E-state index contributed by atoms with van der Waals surface area (Å²) >= 11 is 13.5. The van der Waals surface area contributed by atoms with Gasteiger partial charge in [0.05, 0.1) is 0 Å². The van der Waals surface area contributed by atoms with Gasteiger partial charge in [-0.15, -0.1) is 0 Å². The van der Waals surface area contributed by atoms with Gasteiger partial charge < -0.3 is 5.32 Å². The normalized spacial score (nSPS) is 23.4. The van der Waals surface area contributed by atoms with E-state index in [1.165, 1.54) is 44.2 Å². The van der Waals surface area contributed by atoms with Crippen LogP contribution in [0.4, 0.5) is 5.69 Å². The Bertz CT molecular complexity index is 758. The van der Waals surface area contributed by atoms with Gasteiger partial charge in [0.2, 0.25) is 0 Å². The molecule has 0 radical (unpaired) electrons. The first kappa shape index (κ1) is 21.4. The molecule has 1 heterocycles. The maximum atomic E-state index is 6.08. The Morgan fingerprint density at radius 3 is 2.71 bits per heavy atom. The van der Waals surface area contributed by atoms with Gasteiger partial charge in [-0.1, -0.05) is 47.7 Å². The smallest absolute Gasteiger partial charge is 0.179 e. The van der Waals surface area contributed by atoms with Crippen molar-refractivity contribution in [2.75, 3.05) is 17.6 Å². The van der Waals surface area contributed by atoms with Crippen molar-refractivity contribution in [3.63, 3.8) is 0 Å². The van der Waals surface area contributed by atoms with Crippen molar-refractivity contribution in [2.24, 2.45) is 4.99 Å². The topological polar surface area (TPSA) is 27.6 Å². The molecule has 0 aromatic heterocycles. The molecule has 0 atom stereocenters. The van der Waals surface area contributed by atoms with Crippen molar-refractivity contribution in [3.05, 3.63) is 53.2 Å². The highest BCUT2D eigenvalue weighted by Crippen LogP contribution is 2.24. The SMILES string of the molecule is S=C(Nc1cccc(Cl)c1)N1CCS/C1=N\C1=C/CCCC/C=C\CCCC1. The molecule has 1 aromatic rings. The van der Waals surface area contributed by atoms with Gasteiger partial charge in [0.25, 0.3) is 0 Å². The Morgan fingerprint density at radius 1 is 1.11 bits per heavy atom. The molecular formula is C22H28ClN3S2. The maximum Gasteiger partial charge on any atom is 0.179 e. The molecule has 3 nitrogen and oxygen atoms in total. The minimum Gasteiger partial charge on any atom is -0.332 e. The molecule has 0 saturated carbocycles. The van der Waals surface area contributed by atoms with Gasteiger partial charge in [-0.25, -0.2) is 4.99 Å². The van der Waals surface area contributed by atoms with Gasteiger partial charge in [-0.05, 0) is 81.8 Å². The number of thioether (sulfide) groups is 1. The number of hydrogen-bond acceptors (Lipinski definition) is 3. The average Bonchev–Trinajstić information content (AvgIpc) is 3.12. The Morgan fingerprint density at radius 2 is 1.89 bits per heavy atom. The van der Waals surface area contributed by atoms with E-state index in [9.17, 15) is 0 Å². The third-order valence-electron chi connectivity index (χ3n) is 4.76. The Hall–Kier alpha value is -1.30. The van der Waals surface area contributed by atoms with Crippen molar-refractivity contribution in [2.45, 2.75) is 51.4 Å². The third-order valence-corrected chi connectivity index (χ3v) is 6.28. The van der Waals surface area contributed by atoms with E-state index in [2.05, 4.69) is 28.4 Å². The first-order valence-electron chi connectivity index (χ1n) is 10.1. The quantitative estimate of drug-likeness (QED) is 0.400. The summed E-state index contributed by atoms with van der Waals surface area (Å²) in [5, 5.41) is 5.70. The van der Waals surface area contributed by atoms with Crippen molar-refractivity contribution in [3.8, 4) is 0 Å². The summed E-state index contributed by atoms with van der Waals surface area (Å²) in [7, 11) is 0. The summed E-state index contributed by atoms with van der Waals surface area (Å²) in [6, 6.07) is 7.64. The third kappa shape index (κ3) is 6.94. The molecule has 1 aliphatic heterocycles. The van der Waals surface area contributed by atoms with Crippen LogP contribution in [0, 0.1) is 0 Å². The van der Waals surface area contributed by atoms with Crippen LogP contribution >= 0.6 is 35.6 Å². The first-order valence-corrected chi connectivity index (χ1v) is 11.9. The van der Waals surface area contributed by atoms with Gasteiger partial charge in [0.15, 0.2) is 10.3 Å². The lowest BCUT2D eigenvalue weighted by molar-refractivity contribution is 0.679. The number of allylic oxidation sites excluding steroid dienone is 4. The molecule has 2 aliphatic rings. The van der Waals surface area contributed by atoms with Gasteiger partial charge >= 0.3 is 0 Å². The Kier molecular flexibility index (Phi) is 8.90. The molecule has 0 amide bonds. The van der Waals surface area contributed by atoms with Crippen LogP contribution in [0.2, 0.25) is 5.02 Å². The molecule has 1 fully saturated rings. The van der Waals surface area contributed by atoms with Crippen LogP contribution in [0.15, 0.2) is 53.2 Å². The van der Waals surface area contributed by atoms with Crippen molar-refractivity contribution < 1.29 is 0 Å². The Labute approximate surface area is 183 Å². The number of thiocarbonyl (C=S) groups is 1. The van der Waals surface area contributed by atoms with Gasteiger partial charge in [-0.2, -0.15) is 0 Å². The molecule has 6 heteroatoms. The molecule has 0 bridgehead atoms. The molecule has 3 rings (SSSR count). The summed E-state index contributed by atoms with van der Waals surface area (Å²) < 4.78 is 0. The largest absolute Gasteiger partial charge is 0.332 e. The zero-order chi connectivity index (χ0) is 19.6. The van der Waals surface area contributed by atoms with Gasteiger partial charge in [0, 0.05) is 28.7 Å². The number of amidine groups is 1. The van der Waals surface area contributed by atoms with Crippen LogP contribution in [0.3, 0.4) is 0 Å². The van der Waals surface area contributed by atoms with E-state index in [0.29, 0.717) is 10.1 Å². The first-order chi connectivity index (χ1) is 13.7. The van der Waals surface area contributed by atoms with Gasteiger partial charge in [0.1, 0.15) is 0 Å². The van der Waals surface area contributed by atoms with E-state index in [-0.39, 0.29) is 0 Å². The highest BCUT2D eigenvalue weighted by molar-refractivity contribution is 8.14. The molecule has 1 aromatic carbocycles. The lowest BCUT2D eigenvalue weighted by Crippen LogP contribution is -2.35. The number of nitrogens with zero attached hydrogens (tertiary/aromatic N) is 2. The fourth-order valence-electron chi connectivity index (χ4n) is 3.25. The van der Waals surface area contributed by atoms with E-state index >= 15 is 0 Å². The number of rotatable bonds is 2. The lowest BCUT2D eigenvalue weighted by Gasteiger charge is -2.20. The highest BCUT2D eigenvalue weighted by atomic mass is 35.5. The standard InChI is InChI=1S/C22H28ClN3S2/c23-18-11-10-14-20(17-18)24-21(27)26-15-16-28-22(26)25-19-12-8-6-4-2-1-3-5-7-9-13-19/h1-2,10-11,13-14,17H,3-9,12,15-16H2,(H,24,27)/b2-1-,19-13-,25-22-. The van der Waals surface area contributed by atoms with Crippen LogP contribution in [-0.2, 0) is 0 Å².